The van der Waals surface area contributed by atoms with Gasteiger partial charge in [0.1, 0.15) is 5.01 Å². The van der Waals surface area contributed by atoms with E-state index in [0.29, 0.717) is 5.56 Å². The van der Waals surface area contributed by atoms with E-state index >= 15 is 0 Å². The summed E-state index contributed by atoms with van der Waals surface area (Å²) in [5, 5.41) is 4.99. The first kappa shape index (κ1) is 13.8. The van der Waals surface area contributed by atoms with Gasteiger partial charge in [0.25, 0.3) is 5.91 Å². The van der Waals surface area contributed by atoms with Gasteiger partial charge in [-0.1, -0.05) is 6.92 Å². The molecule has 3 aromatic rings. The van der Waals surface area contributed by atoms with Gasteiger partial charge in [-0.15, -0.1) is 11.3 Å². The number of nitrogens with one attached hydrogen (secondary N) is 2. The van der Waals surface area contributed by atoms with Crippen molar-refractivity contribution in [2.24, 2.45) is 0 Å². The first-order valence-corrected chi connectivity index (χ1v) is 7.81. The molecule has 0 aliphatic rings. The van der Waals surface area contributed by atoms with Gasteiger partial charge in [-0.05, 0) is 37.6 Å². The Morgan fingerprint density at radius 2 is 2.29 bits per heavy atom. The summed E-state index contributed by atoms with van der Waals surface area (Å²) in [6, 6.07) is 7.54. The van der Waals surface area contributed by atoms with E-state index < -0.39 is 0 Å². The smallest absolute Gasteiger partial charge is 0.251 e. The fraction of sp³-hybridized carbons (Fsp3) is 0.250. The summed E-state index contributed by atoms with van der Waals surface area (Å²) in [7, 11) is 0. The molecular formula is C16H17N3OS. The molecule has 0 aliphatic carbocycles. The van der Waals surface area contributed by atoms with Gasteiger partial charge in [-0.2, -0.15) is 0 Å². The van der Waals surface area contributed by atoms with Gasteiger partial charge in [0.2, 0.25) is 0 Å². The number of amides is 1. The molecule has 2 N–H and O–H groups in total. The molecule has 2 aromatic heterocycles. The fourth-order valence-electron chi connectivity index (χ4n) is 2.22. The van der Waals surface area contributed by atoms with Crippen LogP contribution in [-0.2, 0) is 6.42 Å². The average molecular weight is 299 g/mol. The lowest BCUT2D eigenvalue weighted by atomic mass is 10.1. The summed E-state index contributed by atoms with van der Waals surface area (Å²) in [5.41, 5.74) is 1.70. The maximum atomic E-state index is 12.3. The summed E-state index contributed by atoms with van der Waals surface area (Å²) >= 11 is 1.65. The van der Waals surface area contributed by atoms with E-state index in [1.54, 1.807) is 11.3 Å². The van der Waals surface area contributed by atoms with Crippen molar-refractivity contribution in [3.05, 3.63) is 52.1 Å². The number of aromatic nitrogens is 2. The summed E-state index contributed by atoms with van der Waals surface area (Å²) in [6.07, 6.45) is 4.73. The minimum absolute atomic E-state index is 0.0705. The van der Waals surface area contributed by atoms with E-state index in [1.165, 1.54) is 4.88 Å². The molecule has 4 nitrogen and oxygen atoms in total. The van der Waals surface area contributed by atoms with Crippen LogP contribution in [0.4, 0.5) is 0 Å². The van der Waals surface area contributed by atoms with Crippen LogP contribution in [0, 0.1) is 0 Å². The van der Waals surface area contributed by atoms with E-state index in [9.17, 15) is 4.79 Å². The number of nitrogens with zero attached hydrogens (tertiary/aromatic N) is 1. The highest BCUT2D eigenvalue weighted by atomic mass is 32.1. The van der Waals surface area contributed by atoms with Crippen LogP contribution in [-0.4, -0.2) is 15.9 Å². The molecule has 5 heteroatoms. The van der Waals surface area contributed by atoms with Crippen LogP contribution < -0.4 is 5.32 Å². The van der Waals surface area contributed by atoms with E-state index in [0.717, 1.165) is 22.3 Å². The lowest BCUT2D eigenvalue weighted by molar-refractivity contribution is 0.0940. The third-order valence-corrected chi connectivity index (χ3v) is 4.78. The third-order valence-electron chi connectivity index (χ3n) is 3.45. The Morgan fingerprint density at radius 3 is 3.05 bits per heavy atom. The highest BCUT2D eigenvalue weighted by Crippen LogP contribution is 2.21. The Hall–Kier alpha value is -2.14. The van der Waals surface area contributed by atoms with Gasteiger partial charge >= 0.3 is 0 Å². The zero-order valence-electron chi connectivity index (χ0n) is 12.0. The van der Waals surface area contributed by atoms with Crippen LogP contribution in [0.2, 0.25) is 0 Å². The molecule has 21 heavy (non-hydrogen) atoms. The maximum Gasteiger partial charge on any atom is 0.251 e. The summed E-state index contributed by atoms with van der Waals surface area (Å²) < 4.78 is 0. The molecule has 1 atom stereocenters. The molecule has 2 heterocycles. The Labute approximate surface area is 127 Å². The Kier molecular flexibility index (Phi) is 3.75. The highest BCUT2D eigenvalue weighted by molar-refractivity contribution is 7.11. The number of fused-ring (bicyclic) bond motifs is 1. The van der Waals surface area contributed by atoms with Gasteiger partial charge in [0.15, 0.2) is 0 Å². The van der Waals surface area contributed by atoms with Crippen molar-refractivity contribution >= 4 is 28.1 Å². The number of carbonyl (C=O) groups excluding carboxylic acids is 1. The minimum Gasteiger partial charge on any atom is -0.361 e. The number of hydrogen-bond acceptors (Lipinski definition) is 3. The first-order chi connectivity index (χ1) is 10.2. The molecule has 0 saturated carbocycles. The topological polar surface area (TPSA) is 57.8 Å². The van der Waals surface area contributed by atoms with E-state index in [1.807, 2.05) is 43.6 Å². The lowest BCUT2D eigenvalue weighted by Crippen LogP contribution is -2.26. The van der Waals surface area contributed by atoms with Crippen molar-refractivity contribution in [2.45, 2.75) is 26.3 Å². The summed E-state index contributed by atoms with van der Waals surface area (Å²) in [6.45, 7) is 4.07. The Bertz CT molecular complexity index is 775. The Morgan fingerprint density at radius 1 is 1.43 bits per heavy atom. The van der Waals surface area contributed by atoms with Gasteiger partial charge < -0.3 is 10.3 Å². The molecule has 3 rings (SSSR count). The minimum atomic E-state index is -0.0790. The van der Waals surface area contributed by atoms with Gasteiger partial charge in [-0.25, -0.2) is 4.98 Å². The van der Waals surface area contributed by atoms with Crippen molar-refractivity contribution in [2.75, 3.05) is 0 Å². The zero-order chi connectivity index (χ0) is 14.8. The van der Waals surface area contributed by atoms with E-state index in [-0.39, 0.29) is 11.9 Å². The number of hydrogen-bond donors (Lipinski definition) is 2. The second kappa shape index (κ2) is 5.69. The van der Waals surface area contributed by atoms with Gasteiger partial charge in [0, 0.05) is 33.7 Å². The number of aromatic amines is 1. The second-order valence-electron chi connectivity index (χ2n) is 4.99. The molecule has 0 spiro atoms. The largest absolute Gasteiger partial charge is 0.361 e. The van der Waals surface area contributed by atoms with Gasteiger partial charge in [0.05, 0.1) is 6.04 Å². The SMILES string of the molecule is CCc1cnc(C(C)NC(=O)c2ccc3[nH]ccc3c2)s1. The van der Waals surface area contributed by atoms with Crippen molar-refractivity contribution in [1.82, 2.24) is 15.3 Å². The molecule has 0 radical (unpaired) electrons. The maximum absolute atomic E-state index is 12.3. The monoisotopic (exact) mass is 299 g/mol. The van der Waals surface area contributed by atoms with Crippen molar-refractivity contribution < 1.29 is 4.79 Å². The standard InChI is InChI=1S/C16H17N3OS/c1-3-13-9-18-16(21-13)10(2)19-15(20)12-4-5-14-11(8-12)6-7-17-14/h4-10,17H,3H2,1-2H3,(H,19,20). The summed E-state index contributed by atoms with van der Waals surface area (Å²) in [5.74, 6) is -0.0705. The van der Waals surface area contributed by atoms with Crippen LogP contribution in [0.1, 0.15) is 40.1 Å². The van der Waals surface area contributed by atoms with Crippen LogP contribution in [0.5, 0.6) is 0 Å². The zero-order valence-corrected chi connectivity index (χ0v) is 12.8. The van der Waals surface area contributed by atoms with Crippen LogP contribution in [0.15, 0.2) is 36.7 Å². The predicted molar refractivity (Wildman–Crippen MR) is 85.7 cm³/mol. The molecule has 1 unspecified atom stereocenters. The fourth-order valence-corrected chi connectivity index (χ4v) is 3.08. The highest BCUT2D eigenvalue weighted by Gasteiger charge is 2.14. The third kappa shape index (κ3) is 2.83. The molecule has 108 valence electrons. The van der Waals surface area contributed by atoms with Crippen molar-refractivity contribution in [3.63, 3.8) is 0 Å². The molecule has 0 fully saturated rings. The molecular weight excluding hydrogens is 282 g/mol. The number of H-pyrrole nitrogens is 1. The van der Waals surface area contributed by atoms with Crippen LogP contribution >= 0.6 is 11.3 Å². The number of aryl methyl sites for hydroxylation is 1. The summed E-state index contributed by atoms with van der Waals surface area (Å²) in [4.78, 5) is 21.1. The molecule has 1 aromatic carbocycles. The average Bonchev–Trinajstić information content (AvgIpc) is 3.15. The molecule has 1 amide bonds. The van der Waals surface area contributed by atoms with Crippen molar-refractivity contribution in [3.8, 4) is 0 Å². The Balaban J connectivity index is 1.75. The van der Waals surface area contributed by atoms with Crippen molar-refractivity contribution in [1.29, 1.82) is 0 Å². The lowest BCUT2D eigenvalue weighted by Gasteiger charge is -2.11. The number of benzene rings is 1. The van der Waals surface area contributed by atoms with E-state index in [2.05, 4.69) is 22.2 Å². The molecule has 0 saturated heterocycles. The van der Waals surface area contributed by atoms with Gasteiger partial charge in [-0.3, -0.25) is 4.79 Å². The van der Waals surface area contributed by atoms with Crippen LogP contribution in [0.25, 0.3) is 10.9 Å². The second-order valence-corrected chi connectivity index (χ2v) is 6.14. The first-order valence-electron chi connectivity index (χ1n) is 7.00. The number of carbonyl (C=O) groups is 1. The van der Waals surface area contributed by atoms with E-state index in [4.69, 9.17) is 0 Å². The number of rotatable bonds is 4. The quantitative estimate of drug-likeness (QED) is 0.772. The normalized spacial score (nSPS) is 12.5. The molecule has 0 bridgehead atoms. The predicted octanol–water partition coefficient (Wildman–Crippen LogP) is 3.68. The molecule has 0 aliphatic heterocycles. The number of thiazole rings is 1. The van der Waals surface area contributed by atoms with Crippen LogP contribution in [0.3, 0.4) is 0 Å².